The molecule has 108 valence electrons. The molecule has 0 aliphatic heterocycles. The number of likely N-dealkylation sites (N-methyl/N-ethyl adjacent to an activating group) is 1. The van der Waals surface area contributed by atoms with Crippen molar-refractivity contribution in [3.63, 3.8) is 0 Å². The van der Waals surface area contributed by atoms with Crippen LogP contribution < -0.4 is 10.6 Å². The summed E-state index contributed by atoms with van der Waals surface area (Å²) in [7, 11) is 1.33. The van der Waals surface area contributed by atoms with Crippen LogP contribution in [0.25, 0.3) is 0 Å². The molecule has 7 nitrogen and oxygen atoms in total. The van der Waals surface area contributed by atoms with E-state index in [4.69, 9.17) is 0 Å². The Balaban J connectivity index is 3.11. The number of nitrogens with zero attached hydrogens (tertiary/aromatic N) is 1. The highest BCUT2D eigenvalue weighted by molar-refractivity contribution is 5.98. The van der Waals surface area contributed by atoms with Gasteiger partial charge in [-0.15, -0.1) is 0 Å². The second kappa shape index (κ2) is 6.04. The molecule has 0 aliphatic carbocycles. The Kier molecular flexibility index (Phi) is 4.68. The van der Waals surface area contributed by atoms with E-state index < -0.39 is 45.7 Å². The van der Waals surface area contributed by atoms with Crippen LogP contribution in [0.5, 0.6) is 0 Å². The number of carbonyl (C=O) groups is 2. The summed E-state index contributed by atoms with van der Waals surface area (Å²) in [6.07, 6.45) is 0. The molecular formula is C11H11F2N3O4. The van der Waals surface area contributed by atoms with Crippen LogP contribution in [0.1, 0.15) is 17.3 Å². The number of hydrogen-bond donors (Lipinski definition) is 2. The molecule has 0 saturated carbocycles. The van der Waals surface area contributed by atoms with Crippen LogP contribution in [0.3, 0.4) is 0 Å². The number of nitro groups is 1. The topological polar surface area (TPSA) is 101 Å². The fourth-order valence-corrected chi connectivity index (χ4v) is 1.43. The van der Waals surface area contributed by atoms with Crippen molar-refractivity contribution in [3.05, 3.63) is 39.4 Å². The zero-order valence-electron chi connectivity index (χ0n) is 10.6. The number of nitrogens with one attached hydrogen (secondary N) is 2. The molecule has 0 fully saturated rings. The molecule has 0 radical (unpaired) electrons. The summed E-state index contributed by atoms with van der Waals surface area (Å²) in [5.74, 6) is -4.26. The Morgan fingerprint density at radius 3 is 2.45 bits per heavy atom. The van der Waals surface area contributed by atoms with E-state index in [0.29, 0.717) is 12.1 Å². The van der Waals surface area contributed by atoms with Crippen LogP contribution in [0, 0.1) is 21.7 Å². The van der Waals surface area contributed by atoms with Gasteiger partial charge >= 0.3 is 5.69 Å². The van der Waals surface area contributed by atoms with E-state index in [0.717, 1.165) is 0 Å². The Bertz CT molecular complexity index is 577. The zero-order chi connectivity index (χ0) is 15.4. The summed E-state index contributed by atoms with van der Waals surface area (Å²) in [6, 6.07) is -0.114. The molecule has 1 aromatic carbocycles. The second-order valence-electron chi connectivity index (χ2n) is 3.85. The monoisotopic (exact) mass is 287 g/mol. The van der Waals surface area contributed by atoms with Crippen molar-refractivity contribution in [2.24, 2.45) is 0 Å². The molecule has 2 amide bonds. The number of amides is 2. The van der Waals surface area contributed by atoms with E-state index in [1.165, 1.54) is 14.0 Å². The smallest absolute Gasteiger partial charge is 0.308 e. The normalized spacial score (nSPS) is 11.6. The predicted molar refractivity (Wildman–Crippen MR) is 64.0 cm³/mol. The predicted octanol–water partition coefficient (Wildman–Crippen LogP) is 0.737. The van der Waals surface area contributed by atoms with Crippen molar-refractivity contribution in [2.45, 2.75) is 13.0 Å². The van der Waals surface area contributed by atoms with Crippen LogP contribution >= 0.6 is 0 Å². The van der Waals surface area contributed by atoms with Gasteiger partial charge in [-0.3, -0.25) is 19.7 Å². The summed E-state index contributed by atoms with van der Waals surface area (Å²) in [5, 5.41) is 14.9. The zero-order valence-corrected chi connectivity index (χ0v) is 10.6. The molecule has 0 aromatic heterocycles. The molecule has 1 unspecified atom stereocenters. The van der Waals surface area contributed by atoms with E-state index in [1.807, 2.05) is 0 Å². The van der Waals surface area contributed by atoms with Gasteiger partial charge in [0.2, 0.25) is 11.7 Å². The van der Waals surface area contributed by atoms with Gasteiger partial charge in [0.25, 0.3) is 5.91 Å². The average molecular weight is 287 g/mol. The molecule has 20 heavy (non-hydrogen) atoms. The van der Waals surface area contributed by atoms with E-state index in [2.05, 4.69) is 10.6 Å². The number of halogens is 2. The fourth-order valence-electron chi connectivity index (χ4n) is 1.43. The van der Waals surface area contributed by atoms with Crippen molar-refractivity contribution in [1.29, 1.82) is 0 Å². The van der Waals surface area contributed by atoms with E-state index in [9.17, 15) is 28.5 Å². The first-order valence-electron chi connectivity index (χ1n) is 5.43. The van der Waals surface area contributed by atoms with Crippen LogP contribution in [0.15, 0.2) is 12.1 Å². The maximum Gasteiger partial charge on any atom is 0.308 e. The van der Waals surface area contributed by atoms with Crippen molar-refractivity contribution in [2.75, 3.05) is 7.05 Å². The third-order valence-corrected chi connectivity index (χ3v) is 2.45. The van der Waals surface area contributed by atoms with Gasteiger partial charge in [-0.05, 0) is 13.0 Å². The summed E-state index contributed by atoms with van der Waals surface area (Å²) < 4.78 is 26.9. The van der Waals surface area contributed by atoms with Crippen molar-refractivity contribution in [1.82, 2.24) is 10.6 Å². The third-order valence-electron chi connectivity index (χ3n) is 2.45. The highest BCUT2D eigenvalue weighted by atomic mass is 19.1. The van der Waals surface area contributed by atoms with Crippen molar-refractivity contribution in [3.8, 4) is 0 Å². The maximum absolute atomic E-state index is 13.7. The lowest BCUT2D eigenvalue weighted by Gasteiger charge is -2.12. The van der Waals surface area contributed by atoms with Gasteiger partial charge in [-0.1, -0.05) is 0 Å². The van der Waals surface area contributed by atoms with Gasteiger partial charge in [0.05, 0.1) is 16.6 Å². The van der Waals surface area contributed by atoms with Crippen molar-refractivity contribution < 1.29 is 23.3 Å². The van der Waals surface area contributed by atoms with Gasteiger partial charge in [-0.2, -0.15) is 4.39 Å². The highest BCUT2D eigenvalue weighted by Crippen LogP contribution is 2.22. The first-order valence-corrected chi connectivity index (χ1v) is 5.43. The van der Waals surface area contributed by atoms with Gasteiger partial charge in [0.1, 0.15) is 11.9 Å². The maximum atomic E-state index is 13.7. The number of hydrogen-bond acceptors (Lipinski definition) is 4. The number of benzene rings is 1. The molecular weight excluding hydrogens is 276 g/mol. The third kappa shape index (κ3) is 3.25. The van der Waals surface area contributed by atoms with Gasteiger partial charge in [0.15, 0.2) is 0 Å². The van der Waals surface area contributed by atoms with Crippen LogP contribution in [0.4, 0.5) is 14.5 Å². The molecule has 9 heteroatoms. The first-order chi connectivity index (χ1) is 9.27. The molecule has 1 aromatic rings. The Hall–Kier alpha value is -2.58. The lowest BCUT2D eigenvalue weighted by molar-refractivity contribution is -0.387. The van der Waals surface area contributed by atoms with Gasteiger partial charge in [-0.25, -0.2) is 4.39 Å². The van der Waals surface area contributed by atoms with Crippen LogP contribution in [0.2, 0.25) is 0 Å². The van der Waals surface area contributed by atoms with Crippen LogP contribution in [-0.2, 0) is 4.79 Å². The first kappa shape index (κ1) is 15.5. The van der Waals surface area contributed by atoms with Crippen LogP contribution in [-0.4, -0.2) is 29.8 Å². The molecule has 0 spiro atoms. The van der Waals surface area contributed by atoms with Gasteiger partial charge < -0.3 is 10.6 Å². The summed E-state index contributed by atoms with van der Waals surface area (Å²) in [6.45, 7) is 1.32. The average Bonchev–Trinajstić information content (AvgIpc) is 2.39. The quantitative estimate of drug-likeness (QED) is 0.629. The molecule has 0 saturated heterocycles. The standard InChI is InChI=1S/C11H11F2N3O4/c1-5(10(17)14-2)15-11(18)7-3-6(12)4-8(9(7)13)16(19)20/h3-5H,1-2H3,(H,14,17)(H,15,18). The minimum atomic E-state index is -1.46. The lowest BCUT2D eigenvalue weighted by atomic mass is 10.1. The SMILES string of the molecule is CNC(=O)C(C)NC(=O)c1cc(F)cc([N+](=O)[O-])c1F. The Morgan fingerprint density at radius 1 is 1.35 bits per heavy atom. The molecule has 1 rings (SSSR count). The van der Waals surface area contributed by atoms with E-state index in [-0.39, 0.29) is 0 Å². The summed E-state index contributed by atoms with van der Waals surface area (Å²) >= 11 is 0. The largest absolute Gasteiger partial charge is 0.357 e. The molecule has 0 aliphatic rings. The molecule has 2 N–H and O–H groups in total. The number of carbonyl (C=O) groups excluding carboxylic acids is 2. The molecule has 0 heterocycles. The van der Waals surface area contributed by atoms with Crippen molar-refractivity contribution >= 4 is 17.5 Å². The van der Waals surface area contributed by atoms with E-state index >= 15 is 0 Å². The molecule has 1 atom stereocenters. The minimum absolute atomic E-state index is 0.369. The molecule has 0 bridgehead atoms. The second-order valence-corrected chi connectivity index (χ2v) is 3.85. The fraction of sp³-hybridized carbons (Fsp3) is 0.273. The summed E-state index contributed by atoms with van der Waals surface area (Å²) in [4.78, 5) is 32.3. The minimum Gasteiger partial charge on any atom is -0.357 e. The number of nitro benzene ring substituents is 1. The Morgan fingerprint density at radius 2 is 1.95 bits per heavy atom. The highest BCUT2D eigenvalue weighted by Gasteiger charge is 2.25. The summed E-state index contributed by atoms with van der Waals surface area (Å²) in [5.41, 5.74) is -1.99. The van der Waals surface area contributed by atoms with E-state index in [1.54, 1.807) is 0 Å². The van der Waals surface area contributed by atoms with Gasteiger partial charge in [0, 0.05) is 7.05 Å². The lowest BCUT2D eigenvalue weighted by Crippen LogP contribution is -2.43. The number of rotatable bonds is 4. The Labute approximate surface area is 112 Å².